The van der Waals surface area contributed by atoms with E-state index in [-0.39, 0.29) is 17.3 Å². The number of carbonyl (C=O) groups excluding carboxylic acids is 2. The van der Waals surface area contributed by atoms with Crippen molar-refractivity contribution >= 4 is 11.7 Å². The van der Waals surface area contributed by atoms with Crippen LogP contribution >= 0.6 is 0 Å². The maximum absolute atomic E-state index is 12.7. The Morgan fingerprint density at radius 2 is 1.64 bits per heavy atom. The molecule has 1 amide bonds. The van der Waals surface area contributed by atoms with Gasteiger partial charge in [0, 0.05) is 24.2 Å². The molecule has 1 aliphatic carbocycles. The van der Waals surface area contributed by atoms with Crippen LogP contribution in [0.4, 0.5) is 0 Å². The van der Waals surface area contributed by atoms with Gasteiger partial charge in [0.2, 0.25) is 0 Å². The van der Waals surface area contributed by atoms with E-state index in [9.17, 15) is 14.4 Å². The van der Waals surface area contributed by atoms with E-state index in [0.29, 0.717) is 30.6 Å². The highest BCUT2D eigenvalue weighted by Gasteiger charge is 2.28. The van der Waals surface area contributed by atoms with E-state index in [1.54, 1.807) is 0 Å². The van der Waals surface area contributed by atoms with Gasteiger partial charge in [0.25, 0.3) is 11.5 Å². The highest BCUT2D eigenvalue weighted by atomic mass is 16.2. The lowest BCUT2D eigenvalue weighted by molar-refractivity contribution is 0.0949. The molecule has 0 aliphatic heterocycles. The average Bonchev–Trinajstić information content (AvgIpc) is 2.73. The van der Waals surface area contributed by atoms with E-state index >= 15 is 0 Å². The zero-order chi connectivity index (χ0) is 19.5. The summed E-state index contributed by atoms with van der Waals surface area (Å²) in [4.78, 5) is 40.4. The van der Waals surface area contributed by atoms with Crippen molar-refractivity contribution in [1.29, 1.82) is 0 Å². The average molecular weight is 372 g/mol. The molecule has 1 atom stereocenters. The summed E-state index contributed by atoms with van der Waals surface area (Å²) in [5.41, 5.74) is 2.57. The Kier molecular flexibility index (Phi) is 4.89. The van der Waals surface area contributed by atoms with Gasteiger partial charge in [-0.1, -0.05) is 60.7 Å². The van der Waals surface area contributed by atoms with E-state index in [0.717, 1.165) is 11.1 Å². The third kappa shape index (κ3) is 3.64. The fourth-order valence-electron chi connectivity index (χ4n) is 3.63. The van der Waals surface area contributed by atoms with Crippen LogP contribution in [-0.4, -0.2) is 16.7 Å². The standard InChI is InChI=1S/C23H20N2O3/c26-21-12-17(16-9-5-2-6-10-16)11-20-18(21)13-19(23(28)25-20)22(27)24-14-15-7-3-1-4-8-15/h1-10,13,17H,11-12,14H2,(H,24,27)(H,25,28)/t17-/m0/s1. The van der Waals surface area contributed by atoms with Crippen molar-refractivity contribution in [3.8, 4) is 0 Å². The van der Waals surface area contributed by atoms with E-state index in [1.165, 1.54) is 6.07 Å². The molecule has 1 aliphatic rings. The Morgan fingerprint density at radius 3 is 2.36 bits per heavy atom. The highest BCUT2D eigenvalue weighted by Crippen LogP contribution is 2.31. The molecule has 0 spiro atoms. The van der Waals surface area contributed by atoms with Crippen LogP contribution in [0.25, 0.3) is 0 Å². The number of rotatable bonds is 4. The van der Waals surface area contributed by atoms with Gasteiger partial charge in [0.15, 0.2) is 5.78 Å². The quantitative estimate of drug-likeness (QED) is 0.738. The van der Waals surface area contributed by atoms with Crippen molar-refractivity contribution in [2.75, 3.05) is 0 Å². The fourth-order valence-corrected chi connectivity index (χ4v) is 3.63. The number of ketones is 1. The summed E-state index contributed by atoms with van der Waals surface area (Å²) >= 11 is 0. The predicted molar refractivity (Wildman–Crippen MR) is 107 cm³/mol. The number of fused-ring (bicyclic) bond motifs is 1. The van der Waals surface area contributed by atoms with Crippen molar-refractivity contribution in [3.05, 3.63) is 105 Å². The number of benzene rings is 2. The van der Waals surface area contributed by atoms with Gasteiger partial charge in [-0.05, 0) is 29.5 Å². The first kappa shape index (κ1) is 17.9. The Balaban J connectivity index is 1.56. The molecular formula is C23H20N2O3. The molecule has 140 valence electrons. The number of nitrogens with one attached hydrogen (secondary N) is 2. The third-order valence-electron chi connectivity index (χ3n) is 5.12. The molecule has 0 saturated carbocycles. The number of Topliss-reactive ketones (excluding diaryl/α,β-unsaturated/α-hetero) is 1. The fraction of sp³-hybridized carbons (Fsp3) is 0.174. The highest BCUT2D eigenvalue weighted by molar-refractivity contribution is 6.02. The van der Waals surface area contributed by atoms with Crippen molar-refractivity contribution in [3.63, 3.8) is 0 Å². The second-order valence-corrected chi connectivity index (χ2v) is 7.01. The lowest BCUT2D eigenvalue weighted by Gasteiger charge is -2.24. The maximum Gasteiger partial charge on any atom is 0.261 e. The van der Waals surface area contributed by atoms with E-state index in [2.05, 4.69) is 10.3 Å². The number of H-pyrrole nitrogens is 1. The molecule has 0 bridgehead atoms. The first-order valence-electron chi connectivity index (χ1n) is 9.28. The number of aromatic amines is 1. The lowest BCUT2D eigenvalue weighted by Crippen LogP contribution is -2.32. The molecule has 4 rings (SSSR count). The molecule has 28 heavy (non-hydrogen) atoms. The molecule has 1 heterocycles. The number of hydrogen-bond acceptors (Lipinski definition) is 3. The Morgan fingerprint density at radius 1 is 0.964 bits per heavy atom. The summed E-state index contributed by atoms with van der Waals surface area (Å²) in [5, 5.41) is 2.74. The molecule has 0 radical (unpaired) electrons. The zero-order valence-corrected chi connectivity index (χ0v) is 15.3. The molecule has 1 aromatic heterocycles. The Labute approximate surface area is 162 Å². The Bertz CT molecular complexity index is 1070. The van der Waals surface area contributed by atoms with Crippen LogP contribution in [0, 0.1) is 0 Å². The molecule has 5 heteroatoms. The summed E-state index contributed by atoms with van der Waals surface area (Å²) in [7, 11) is 0. The summed E-state index contributed by atoms with van der Waals surface area (Å²) in [5.74, 6) is -0.496. The van der Waals surface area contributed by atoms with Crippen LogP contribution in [-0.2, 0) is 13.0 Å². The van der Waals surface area contributed by atoms with E-state index in [4.69, 9.17) is 0 Å². The van der Waals surface area contributed by atoms with Crippen LogP contribution in [0.1, 0.15) is 49.9 Å². The molecule has 0 fully saturated rings. The van der Waals surface area contributed by atoms with Gasteiger partial charge in [-0.3, -0.25) is 14.4 Å². The molecule has 2 N–H and O–H groups in total. The van der Waals surface area contributed by atoms with Gasteiger partial charge in [-0.15, -0.1) is 0 Å². The first-order valence-corrected chi connectivity index (χ1v) is 9.28. The second kappa shape index (κ2) is 7.64. The molecule has 2 aromatic carbocycles. The molecule has 3 aromatic rings. The number of hydrogen-bond donors (Lipinski definition) is 2. The van der Waals surface area contributed by atoms with Crippen LogP contribution < -0.4 is 10.9 Å². The van der Waals surface area contributed by atoms with Crippen LogP contribution in [0.3, 0.4) is 0 Å². The van der Waals surface area contributed by atoms with Crippen molar-refractivity contribution in [2.24, 2.45) is 0 Å². The van der Waals surface area contributed by atoms with Gasteiger partial charge in [-0.25, -0.2) is 0 Å². The van der Waals surface area contributed by atoms with Crippen LogP contribution in [0.15, 0.2) is 71.5 Å². The van der Waals surface area contributed by atoms with Crippen molar-refractivity contribution in [2.45, 2.75) is 25.3 Å². The molecular weight excluding hydrogens is 352 g/mol. The smallest absolute Gasteiger partial charge is 0.261 e. The van der Waals surface area contributed by atoms with Gasteiger partial charge in [-0.2, -0.15) is 0 Å². The number of pyridine rings is 1. The second-order valence-electron chi connectivity index (χ2n) is 7.01. The molecule has 0 unspecified atom stereocenters. The SMILES string of the molecule is O=C1C[C@@H](c2ccccc2)Cc2[nH]c(=O)c(C(=O)NCc3ccccc3)cc21. The lowest BCUT2D eigenvalue weighted by atomic mass is 9.81. The van der Waals surface area contributed by atoms with Crippen molar-refractivity contribution < 1.29 is 9.59 Å². The number of aromatic nitrogens is 1. The van der Waals surface area contributed by atoms with Crippen LogP contribution in [0.2, 0.25) is 0 Å². The predicted octanol–water partition coefficient (Wildman–Crippen LogP) is 3.22. The van der Waals surface area contributed by atoms with Gasteiger partial charge in [0.1, 0.15) is 5.56 Å². The van der Waals surface area contributed by atoms with E-state index < -0.39 is 11.5 Å². The molecule has 5 nitrogen and oxygen atoms in total. The summed E-state index contributed by atoms with van der Waals surface area (Å²) < 4.78 is 0. The number of carbonyl (C=O) groups is 2. The Hall–Kier alpha value is -3.47. The summed E-state index contributed by atoms with van der Waals surface area (Å²) in [6.45, 7) is 0.320. The van der Waals surface area contributed by atoms with E-state index in [1.807, 2.05) is 60.7 Å². The normalized spacial score (nSPS) is 15.7. The van der Waals surface area contributed by atoms with Gasteiger partial charge >= 0.3 is 0 Å². The third-order valence-corrected chi connectivity index (χ3v) is 5.12. The topological polar surface area (TPSA) is 79.0 Å². The summed E-state index contributed by atoms with van der Waals surface area (Å²) in [6.07, 6.45) is 0.945. The molecule has 0 saturated heterocycles. The minimum atomic E-state index is -0.481. The van der Waals surface area contributed by atoms with Gasteiger partial charge < -0.3 is 10.3 Å². The number of amides is 1. The zero-order valence-electron chi connectivity index (χ0n) is 15.3. The van der Waals surface area contributed by atoms with Crippen molar-refractivity contribution in [1.82, 2.24) is 10.3 Å². The monoisotopic (exact) mass is 372 g/mol. The van der Waals surface area contributed by atoms with Gasteiger partial charge in [0.05, 0.1) is 0 Å². The summed E-state index contributed by atoms with van der Waals surface area (Å²) in [6, 6.07) is 20.7. The largest absolute Gasteiger partial charge is 0.348 e. The first-order chi connectivity index (χ1) is 13.6. The van der Waals surface area contributed by atoms with Crippen LogP contribution in [0.5, 0.6) is 0 Å². The minimum Gasteiger partial charge on any atom is -0.348 e. The minimum absolute atomic E-state index is 0.0267. The maximum atomic E-state index is 12.7.